The minimum atomic E-state index is -0.143. The highest BCUT2D eigenvalue weighted by Gasteiger charge is 2.09. The summed E-state index contributed by atoms with van der Waals surface area (Å²) in [6, 6.07) is 6.89. The summed E-state index contributed by atoms with van der Waals surface area (Å²) < 4.78 is 5.34. The fourth-order valence-corrected chi connectivity index (χ4v) is 3.06. The summed E-state index contributed by atoms with van der Waals surface area (Å²) in [5.74, 6) is 1.29. The Morgan fingerprint density at radius 2 is 2.13 bits per heavy atom. The van der Waals surface area contributed by atoms with Crippen LogP contribution in [0.1, 0.15) is 41.9 Å². The number of thioether (sulfide) groups is 1. The highest BCUT2D eigenvalue weighted by atomic mass is 32.2. The van der Waals surface area contributed by atoms with Crippen LogP contribution in [0.15, 0.2) is 34.2 Å². The molecule has 0 atom stereocenters. The summed E-state index contributed by atoms with van der Waals surface area (Å²) in [6.45, 7) is 3.58. The molecule has 0 saturated heterocycles. The summed E-state index contributed by atoms with van der Waals surface area (Å²) in [5.41, 5.74) is 2.19. The lowest BCUT2D eigenvalue weighted by Crippen LogP contribution is -2.10. The van der Waals surface area contributed by atoms with Gasteiger partial charge in [0.1, 0.15) is 5.75 Å². The van der Waals surface area contributed by atoms with Crippen LogP contribution in [0.25, 0.3) is 0 Å². The average molecular weight is 332 g/mol. The Morgan fingerprint density at radius 3 is 2.78 bits per heavy atom. The fraction of sp³-hybridized carbons (Fsp3) is 0.353. The molecule has 0 aliphatic rings. The molecule has 122 valence electrons. The molecule has 23 heavy (non-hydrogen) atoms. The Bertz CT molecular complexity index is 756. The van der Waals surface area contributed by atoms with Gasteiger partial charge in [-0.15, -0.1) is 0 Å². The molecule has 6 heteroatoms. The van der Waals surface area contributed by atoms with Gasteiger partial charge < -0.3 is 9.72 Å². The van der Waals surface area contributed by atoms with E-state index in [0.29, 0.717) is 16.5 Å². The van der Waals surface area contributed by atoms with Gasteiger partial charge in [0.05, 0.1) is 7.11 Å². The molecule has 0 fully saturated rings. The third-order valence-corrected chi connectivity index (χ3v) is 4.25. The summed E-state index contributed by atoms with van der Waals surface area (Å²) in [6.07, 6.45) is 1.72. The normalized spacial score (nSPS) is 10.6. The van der Waals surface area contributed by atoms with E-state index in [2.05, 4.69) is 9.97 Å². The van der Waals surface area contributed by atoms with E-state index in [0.717, 1.165) is 29.8 Å². The fourth-order valence-electron chi connectivity index (χ4n) is 2.19. The molecule has 0 amide bonds. The van der Waals surface area contributed by atoms with E-state index in [1.165, 1.54) is 24.8 Å². The van der Waals surface area contributed by atoms with Gasteiger partial charge in [0.25, 0.3) is 5.56 Å². The van der Waals surface area contributed by atoms with Gasteiger partial charge in [0, 0.05) is 28.6 Å². The van der Waals surface area contributed by atoms with E-state index < -0.39 is 0 Å². The van der Waals surface area contributed by atoms with Gasteiger partial charge in [0.15, 0.2) is 10.9 Å². The number of ketones is 1. The first-order chi connectivity index (χ1) is 11.0. The summed E-state index contributed by atoms with van der Waals surface area (Å²) >= 11 is 1.42. The predicted molar refractivity (Wildman–Crippen MR) is 91.4 cm³/mol. The molecule has 0 spiro atoms. The van der Waals surface area contributed by atoms with Gasteiger partial charge >= 0.3 is 0 Å². The lowest BCUT2D eigenvalue weighted by molar-refractivity contribution is 0.101. The zero-order valence-corrected chi connectivity index (χ0v) is 14.3. The molecular formula is C17H20N2O3S. The van der Waals surface area contributed by atoms with Crippen LogP contribution in [0, 0.1) is 0 Å². The number of nitrogens with zero attached hydrogens (tertiary/aromatic N) is 1. The van der Waals surface area contributed by atoms with E-state index in [9.17, 15) is 9.59 Å². The lowest BCUT2D eigenvalue weighted by Gasteiger charge is -2.09. The number of benzene rings is 1. The summed E-state index contributed by atoms with van der Waals surface area (Å²) in [7, 11) is 1.60. The molecule has 0 bridgehead atoms. The quantitative estimate of drug-likeness (QED) is 0.479. The van der Waals surface area contributed by atoms with E-state index in [1.54, 1.807) is 19.2 Å². The van der Waals surface area contributed by atoms with Crippen molar-refractivity contribution in [3.8, 4) is 5.75 Å². The monoisotopic (exact) mass is 332 g/mol. The molecule has 1 heterocycles. The van der Waals surface area contributed by atoms with E-state index in [1.807, 2.05) is 13.0 Å². The highest BCUT2D eigenvalue weighted by Crippen LogP contribution is 2.27. The van der Waals surface area contributed by atoms with Crippen LogP contribution in [0.4, 0.5) is 0 Å². The largest absolute Gasteiger partial charge is 0.496 e. The third-order valence-electron chi connectivity index (χ3n) is 3.33. The van der Waals surface area contributed by atoms with Crippen LogP contribution in [0.3, 0.4) is 0 Å². The number of carbonyl (C=O) groups is 1. The number of aromatic amines is 1. The van der Waals surface area contributed by atoms with Crippen molar-refractivity contribution in [3.05, 3.63) is 51.4 Å². The number of methoxy groups -OCH3 is 1. The van der Waals surface area contributed by atoms with Crippen LogP contribution in [-0.4, -0.2) is 22.9 Å². The van der Waals surface area contributed by atoms with Crippen LogP contribution in [0.5, 0.6) is 5.75 Å². The lowest BCUT2D eigenvalue weighted by atomic mass is 10.1. The van der Waals surface area contributed by atoms with Crippen molar-refractivity contribution in [2.24, 2.45) is 0 Å². The van der Waals surface area contributed by atoms with Crippen molar-refractivity contribution in [1.29, 1.82) is 0 Å². The van der Waals surface area contributed by atoms with E-state index in [-0.39, 0.29) is 11.3 Å². The van der Waals surface area contributed by atoms with Crippen molar-refractivity contribution in [2.45, 2.75) is 37.6 Å². The molecule has 0 aliphatic carbocycles. The molecule has 2 aromatic rings. The standard InChI is InChI=1S/C17H20N2O3S/c1-4-5-14-9-16(21)19-17(18-14)23-10-13-8-12(11(2)20)6-7-15(13)22-3/h6-9H,4-5,10H2,1-3H3,(H,18,19,21). The van der Waals surface area contributed by atoms with Gasteiger partial charge in [-0.05, 0) is 31.5 Å². The SMILES string of the molecule is CCCc1cc(=O)[nH]c(SCc2cc(C(C)=O)ccc2OC)n1. The number of carbonyl (C=O) groups excluding carboxylic acids is 1. The maximum absolute atomic E-state index is 11.7. The first kappa shape index (κ1) is 17.3. The number of aryl methyl sites for hydroxylation is 1. The molecule has 1 aromatic heterocycles. The molecular weight excluding hydrogens is 312 g/mol. The summed E-state index contributed by atoms with van der Waals surface area (Å²) in [5, 5.41) is 0.580. The van der Waals surface area contributed by atoms with Crippen molar-refractivity contribution in [3.63, 3.8) is 0 Å². The second kappa shape index (κ2) is 7.97. The Hall–Kier alpha value is -2.08. The van der Waals surface area contributed by atoms with Crippen molar-refractivity contribution >= 4 is 17.5 Å². The van der Waals surface area contributed by atoms with Crippen molar-refractivity contribution < 1.29 is 9.53 Å². The zero-order chi connectivity index (χ0) is 16.8. The van der Waals surface area contributed by atoms with Crippen LogP contribution >= 0.6 is 11.8 Å². The third kappa shape index (κ3) is 4.69. The molecule has 0 saturated carbocycles. The minimum Gasteiger partial charge on any atom is -0.496 e. The van der Waals surface area contributed by atoms with Gasteiger partial charge in [-0.3, -0.25) is 9.59 Å². The van der Waals surface area contributed by atoms with Crippen LogP contribution < -0.4 is 10.3 Å². The van der Waals surface area contributed by atoms with Gasteiger partial charge in [-0.1, -0.05) is 25.1 Å². The molecule has 2 rings (SSSR count). The highest BCUT2D eigenvalue weighted by molar-refractivity contribution is 7.98. The predicted octanol–water partition coefficient (Wildman–Crippen LogP) is 3.23. The second-order valence-corrected chi connectivity index (χ2v) is 6.13. The number of hydrogen-bond acceptors (Lipinski definition) is 5. The van der Waals surface area contributed by atoms with E-state index >= 15 is 0 Å². The Balaban J connectivity index is 2.21. The number of H-pyrrole nitrogens is 1. The number of nitrogens with one attached hydrogen (secondary N) is 1. The Morgan fingerprint density at radius 1 is 1.35 bits per heavy atom. The van der Waals surface area contributed by atoms with Crippen molar-refractivity contribution in [1.82, 2.24) is 9.97 Å². The number of rotatable bonds is 7. The number of aromatic nitrogens is 2. The molecule has 0 unspecified atom stereocenters. The van der Waals surface area contributed by atoms with Gasteiger partial charge in [-0.2, -0.15) is 0 Å². The van der Waals surface area contributed by atoms with Crippen LogP contribution in [-0.2, 0) is 12.2 Å². The van der Waals surface area contributed by atoms with Gasteiger partial charge in [-0.25, -0.2) is 4.98 Å². The zero-order valence-electron chi connectivity index (χ0n) is 13.5. The number of hydrogen-bond donors (Lipinski definition) is 1. The molecule has 5 nitrogen and oxygen atoms in total. The first-order valence-electron chi connectivity index (χ1n) is 7.44. The molecule has 1 aromatic carbocycles. The number of ether oxygens (including phenoxy) is 1. The molecule has 1 N–H and O–H groups in total. The smallest absolute Gasteiger partial charge is 0.251 e. The average Bonchev–Trinajstić information content (AvgIpc) is 2.52. The minimum absolute atomic E-state index is 0.00961. The maximum atomic E-state index is 11.7. The molecule has 0 radical (unpaired) electrons. The maximum Gasteiger partial charge on any atom is 0.251 e. The number of Topliss-reactive ketones (excluding diaryl/α,β-unsaturated/α-hetero) is 1. The topological polar surface area (TPSA) is 72.0 Å². The Kier molecular flexibility index (Phi) is 5.98. The van der Waals surface area contributed by atoms with Gasteiger partial charge in [0.2, 0.25) is 0 Å². The molecule has 0 aliphatic heterocycles. The summed E-state index contributed by atoms with van der Waals surface area (Å²) in [4.78, 5) is 30.4. The van der Waals surface area contributed by atoms with Crippen LogP contribution in [0.2, 0.25) is 0 Å². The van der Waals surface area contributed by atoms with E-state index in [4.69, 9.17) is 4.74 Å². The van der Waals surface area contributed by atoms with Crippen molar-refractivity contribution in [2.75, 3.05) is 7.11 Å². The Labute approximate surface area is 139 Å². The first-order valence-corrected chi connectivity index (χ1v) is 8.43. The second-order valence-electron chi connectivity index (χ2n) is 5.16.